The van der Waals surface area contributed by atoms with Crippen LogP contribution in [0.5, 0.6) is 11.5 Å². The van der Waals surface area contributed by atoms with Gasteiger partial charge in [0, 0.05) is 57.9 Å². The van der Waals surface area contributed by atoms with E-state index < -0.39 is 5.60 Å². The molecule has 1 atom stereocenters. The summed E-state index contributed by atoms with van der Waals surface area (Å²) in [5.41, 5.74) is 5.85. The number of fused-ring (bicyclic) bond motifs is 6. The quantitative estimate of drug-likeness (QED) is 0.195. The zero-order chi connectivity index (χ0) is 30.3. The molecule has 1 N–H and O–H groups in total. The average Bonchev–Trinajstić information content (AvgIpc) is 3.27. The van der Waals surface area contributed by atoms with E-state index in [1.807, 2.05) is 54.6 Å². The number of carbonyl (C=O) groups excluding carboxylic acids is 1. The van der Waals surface area contributed by atoms with Crippen LogP contribution in [0.2, 0.25) is 5.02 Å². The lowest BCUT2D eigenvalue weighted by molar-refractivity contribution is 0.0224. The molecule has 6 rings (SSSR count). The van der Waals surface area contributed by atoms with Crippen LogP contribution in [0.4, 0.5) is 17.1 Å². The summed E-state index contributed by atoms with van der Waals surface area (Å²) in [4.78, 5) is 15.9. The number of hydrogen-bond donors (Lipinski definition) is 1. The highest BCUT2D eigenvalue weighted by atomic mass is 35.5. The van der Waals surface area contributed by atoms with Crippen LogP contribution in [0.1, 0.15) is 73.1 Å². The summed E-state index contributed by atoms with van der Waals surface area (Å²) in [6, 6.07) is 25.8. The SMILES string of the molecule is Cc1cc2c(cc1Nc1ccc(Cl)cc1)C1(OC(=O)c3ccccc31)c1ccc(N(CCC(C)C)CCC(C)C)cc1O2. The number of hydrogen-bond acceptors (Lipinski definition) is 5. The molecule has 2 aliphatic rings. The van der Waals surface area contributed by atoms with E-state index in [4.69, 9.17) is 21.1 Å². The highest BCUT2D eigenvalue weighted by Gasteiger charge is 2.53. The molecule has 0 saturated carbocycles. The first-order valence-electron chi connectivity index (χ1n) is 15.2. The van der Waals surface area contributed by atoms with Crippen LogP contribution < -0.4 is 15.0 Å². The Morgan fingerprint density at radius 2 is 1.49 bits per heavy atom. The standard InChI is InChI=1S/C37H39ClN2O3/c1-23(2)16-18-40(19-17-24(3)4)28-14-15-31-35(21-28)42-34-20-25(5)33(39-27-12-10-26(38)11-13-27)22-32(34)37(31)30-9-7-6-8-29(30)36(41)43-37/h6-15,20-24,39H,16-19H2,1-5H3. The van der Waals surface area contributed by atoms with Crippen LogP contribution in [-0.2, 0) is 10.3 Å². The van der Waals surface area contributed by atoms with Gasteiger partial charge in [0.1, 0.15) is 11.5 Å². The Labute approximate surface area is 259 Å². The van der Waals surface area contributed by atoms with E-state index in [1.165, 1.54) is 0 Å². The van der Waals surface area contributed by atoms with Crippen molar-refractivity contribution in [1.29, 1.82) is 0 Å². The molecule has 5 nitrogen and oxygen atoms in total. The van der Waals surface area contributed by atoms with Gasteiger partial charge in [-0.05, 0) is 91.8 Å². The number of halogens is 1. The van der Waals surface area contributed by atoms with Crippen molar-refractivity contribution in [3.63, 3.8) is 0 Å². The number of anilines is 3. The van der Waals surface area contributed by atoms with E-state index in [0.29, 0.717) is 33.9 Å². The molecular formula is C37H39ClN2O3. The van der Waals surface area contributed by atoms with Gasteiger partial charge in [0.05, 0.1) is 5.56 Å². The van der Waals surface area contributed by atoms with Gasteiger partial charge in [-0.2, -0.15) is 0 Å². The fourth-order valence-electron chi connectivity index (χ4n) is 6.03. The van der Waals surface area contributed by atoms with Gasteiger partial charge in [-0.1, -0.05) is 57.5 Å². The van der Waals surface area contributed by atoms with Crippen molar-refractivity contribution >= 4 is 34.6 Å². The topological polar surface area (TPSA) is 50.8 Å². The lowest BCUT2D eigenvalue weighted by Gasteiger charge is -2.38. The number of nitrogens with one attached hydrogen (secondary N) is 1. The third kappa shape index (κ3) is 5.47. The maximum Gasteiger partial charge on any atom is 0.340 e. The van der Waals surface area contributed by atoms with Crippen molar-refractivity contribution in [1.82, 2.24) is 0 Å². The lowest BCUT2D eigenvalue weighted by Crippen LogP contribution is -2.33. The van der Waals surface area contributed by atoms with Crippen molar-refractivity contribution in [2.75, 3.05) is 23.3 Å². The molecule has 4 aromatic carbocycles. The van der Waals surface area contributed by atoms with Gasteiger partial charge >= 0.3 is 5.97 Å². The highest BCUT2D eigenvalue weighted by molar-refractivity contribution is 6.30. The van der Waals surface area contributed by atoms with Crippen molar-refractivity contribution in [2.24, 2.45) is 11.8 Å². The number of rotatable bonds is 9. The molecule has 1 unspecified atom stereocenters. The van der Waals surface area contributed by atoms with Gasteiger partial charge in [0.2, 0.25) is 0 Å². The largest absolute Gasteiger partial charge is 0.456 e. The summed E-state index contributed by atoms with van der Waals surface area (Å²) in [5, 5.41) is 4.20. The van der Waals surface area contributed by atoms with E-state index >= 15 is 0 Å². The van der Waals surface area contributed by atoms with Crippen LogP contribution in [0, 0.1) is 18.8 Å². The zero-order valence-corrected chi connectivity index (χ0v) is 26.3. The van der Waals surface area contributed by atoms with Gasteiger partial charge in [-0.25, -0.2) is 4.79 Å². The number of aryl methyl sites for hydroxylation is 1. The van der Waals surface area contributed by atoms with Gasteiger partial charge in [-0.15, -0.1) is 0 Å². The molecule has 4 aromatic rings. The second-order valence-corrected chi connectivity index (χ2v) is 13.0. The van der Waals surface area contributed by atoms with Gasteiger partial charge in [-0.3, -0.25) is 0 Å². The fraction of sp³-hybridized carbons (Fsp3) is 0.324. The molecule has 1 spiro atoms. The van der Waals surface area contributed by atoms with Crippen molar-refractivity contribution in [2.45, 2.75) is 53.1 Å². The van der Waals surface area contributed by atoms with E-state index in [2.05, 4.69) is 69.1 Å². The molecule has 2 heterocycles. The molecule has 222 valence electrons. The third-order valence-corrected chi connectivity index (χ3v) is 8.74. The molecule has 0 aliphatic carbocycles. The Kier molecular flexibility index (Phi) is 7.87. The van der Waals surface area contributed by atoms with E-state index in [1.54, 1.807) is 0 Å². The van der Waals surface area contributed by atoms with E-state index in [0.717, 1.165) is 65.2 Å². The second-order valence-electron chi connectivity index (χ2n) is 12.5. The summed E-state index contributed by atoms with van der Waals surface area (Å²) >= 11 is 6.13. The number of nitrogens with zero attached hydrogens (tertiary/aromatic N) is 1. The Balaban J connectivity index is 1.48. The zero-order valence-electron chi connectivity index (χ0n) is 25.5. The van der Waals surface area contributed by atoms with Gasteiger partial charge in [0.25, 0.3) is 0 Å². The predicted molar refractivity (Wildman–Crippen MR) is 175 cm³/mol. The average molecular weight is 595 g/mol. The summed E-state index contributed by atoms with van der Waals surface area (Å²) in [7, 11) is 0. The van der Waals surface area contributed by atoms with Crippen LogP contribution in [0.3, 0.4) is 0 Å². The predicted octanol–water partition coefficient (Wildman–Crippen LogP) is 9.86. The first kappa shape index (κ1) is 29.1. The molecule has 2 aliphatic heterocycles. The Morgan fingerprint density at radius 1 is 0.814 bits per heavy atom. The summed E-state index contributed by atoms with van der Waals surface area (Å²) in [5.74, 6) is 2.29. The maximum atomic E-state index is 13.4. The lowest BCUT2D eigenvalue weighted by atomic mass is 9.77. The monoisotopic (exact) mass is 594 g/mol. The first-order valence-corrected chi connectivity index (χ1v) is 15.6. The molecule has 0 saturated heterocycles. The minimum atomic E-state index is -1.13. The number of ether oxygens (including phenoxy) is 2. The molecule has 0 amide bonds. The summed E-state index contributed by atoms with van der Waals surface area (Å²) in [6.45, 7) is 13.1. The third-order valence-electron chi connectivity index (χ3n) is 8.48. The Hall–Kier alpha value is -3.96. The molecule has 0 bridgehead atoms. The van der Waals surface area contributed by atoms with E-state index in [-0.39, 0.29) is 5.97 Å². The van der Waals surface area contributed by atoms with Crippen molar-refractivity contribution in [3.05, 3.63) is 112 Å². The minimum absolute atomic E-state index is 0.332. The minimum Gasteiger partial charge on any atom is -0.456 e. The molecule has 6 heteroatoms. The molecule has 0 fully saturated rings. The van der Waals surface area contributed by atoms with Crippen molar-refractivity contribution in [3.8, 4) is 11.5 Å². The van der Waals surface area contributed by atoms with E-state index in [9.17, 15) is 4.79 Å². The second kappa shape index (κ2) is 11.6. The number of esters is 1. The van der Waals surface area contributed by atoms with Crippen LogP contribution in [0.15, 0.2) is 78.9 Å². The smallest absolute Gasteiger partial charge is 0.340 e. The number of carbonyl (C=O) groups is 1. The normalized spacial score (nSPS) is 16.5. The Bertz CT molecular complexity index is 1650. The van der Waals surface area contributed by atoms with Crippen LogP contribution in [-0.4, -0.2) is 19.1 Å². The first-order chi connectivity index (χ1) is 20.7. The Morgan fingerprint density at radius 3 is 2.19 bits per heavy atom. The van der Waals surface area contributed by atoms with Crippen molar-refractivity contribution < 1.29 is 14.3 Å². The molecule has 43 heavy (non-hydrogen) atoms. The maximum absolute atomic E-state index is 13.4. The van der Waals surface area contributed by atoms with Gasteiger partial charge < -0.3 is 19.7 Å². The van der Waals surface area contributed by atoms with Crippen LogP contribution in [0.25, 0.3) is 0 Å². The summed E-state index contributed by atoms with van der Waals surface area (Å²) in [6.07, 6.45) is 2.22. The van der Waals surface area contributed by atoms with Gasteiger partial charge in [0.15, 0.2) is 5.60 Å². The molecule has 0 radical (unpaired) electrons. The fourth-order valence-corrected chi connectivity index (χ4v) is 6.15. The number of benzene rings is 4. The highest BCUT2D eigenvalue weighted by Crippen LogP contribution is 2.57. The molecular weight excluding hydrogens is 556 g/mol. The molecule has 0 aromatic heterocycles. The summed E-state index contributed by atoms with van der Waals surface area (Å²) < 4.78 is 13.1. The van der Waals surface area contributed by atoms with Crippen LogP contribution >= 0.6 is 11.6 Å².